The van der Waals surface area contributed by atoms with Gasteiger partial charge in [-0.15, -0.1) is 0 Å². The SMILES string of the molecule is Cc1ccc(NC(=O)C23CCC(C)(c4nc5cc6c(cc5nc42)OCO6)C3(C)C)c(C)c1. The Bertz CT molecular complexity index is 1330. The van der Waals surface area contributed by atoms with Crippen LogP contribution < -0.4 is 14.8 Å². The van der Waals surface area contributed by atoms with Gasteiger partial charge in [0.05, 0.1) is 27.8 Å². The maximum absolute atomic E-state index is 14.1. The number of ether oxygens (including phenoxy) is 2. The summed E-state index contributed by atoms with van der Waals surface area (Å²) in [6.45, 7) is 10.9. The zero-order valence-corrected chi connectivity index (χ0v) is 19.1. The quantitative estimate of drug-likeness (QED) is 0.624. The molecule has 1 aliphatic heterocycles. The molecule has 2 aromatic carbocycles. The zero-order valence-electron chi connectivity index (χ0n) is 19.1. The predicted molar refractivity (Wildman–Crippen MR) is 122 cm³/mol. The summed E-state index contributed by atoms with van der Waals surface area (Å²) in [7, 11) is 0. The van der Waals surface area contributed by atoms with Crippen LogP contribution in [0.2, 0.25) is 0 Å². The fourth-order valence-corrected chi connectivity index (χ4v) is 6.18. The van der Waals surface area contributed by atoms with Crippen LogP contribution in [-0.4, -0.2) is 22.7 Å². The van der Waals surface area contributed by atoms with Gasteiger partial charge in [-0.25, -0.2) is 9.97 Å². The molecule has 3 aromatic rings. The first-order valence-corrected chi connectivity index (χ1v) is 11.2. The van der Waals surface area contributed by atoms with Crippen molar-refractivity contribution in [2.24, 2.45) is 5.41 Å². The normalized spacial score (nSPS) is 26.4. The van der Waals surface area contributed by atoms with Crippen molar-refractivity contribution in [3.63, 3.8) is 0 Å². The average Bonchev–Trinajstić information content (AvgIpc) is 3.32. The van der Waals surface area contributed by atoms with Crippen molar-refractivity contribution >= 4 is 22.6 Å². The summed E-state index contributed by atoms with van der Waals surface area (Å²) < 4.78 is 11.1. The van der Waals surface area contributed by atoms with E-state index in [1.807, 2.05) is 31.2 Å². The van der Waals surface area contributed by atoms with Gasteiger partial charge in [-0.05, 0) is 43.7 Å². The number of carbonyl (C=O) groups is 1. The summed E-state index contributed by atoms with van der Waals surface area (Å²) in [6.07, 6.45) is 1.66. The van der Waals surface area contributed by atoms with Crippen LogP contribution in [0.15, 0.2) is 30.3 Å². The molecule has 1 amide bonds. The fourth-order valence-electron chi connectivity index (χ4n) is 6.18. The van der Waals surface area contributed by atoms with E-state index < -0.39 is 5.41 Å². The molecule has 2 unspecified atom stereocenters. The molecule has 0 saturated heterocycles. The van der Waals surface area contributed by atoms with Crippen LogP contribution in [-0.2, 0) is 15.6 Å². The highest BCUT2D eigenvalue weighted by molar-refractivity contribution is 6.02. The second-order valence-corrected chi connectivity index (χ2v) is 10.2. The summed E-state index contributed by atoms with van der Waals surface area (Å²) in [5.41, 5.74) is 5.04. The molecular formula is C26H27N3O3. The van der Waals surface area contributed by atoms with Crippen molar-refractivity contribution in [2.75, 3.05) is 12.1 Å². The number of benzene rings is 2. The Morgan fingerprint density at radius 3 is 2.25 bits per heavy atom. The molecule has 3 aliphatic rings. The molecule has 1 saturated carbocycles. The number of nitrogens with zero attached hydrogens (tertiary/aromatic N) is 2. The van der Waals surface area contributed by atoms with Gasteiger partial charge in [0.2, 0.25) is 12.7 Å². The zero-order chi connectivity index (χ0) is 22.5. The lowest BCUT2D eigenvalue weighted by molar-refractivity contribution is -0.125. The van der Waals surface area contributed by atoms with Crippen LogP contribution in [0.25, 0.3) is 11.0 Å². The van der Waals surface area contributed by atoms with Crippen molar-refractivity contribution in [3.8, 4) is 11.5 Å². The molecule has 164 valence electrons. The number of rotatable bonds is 2. The van der Waals surface area contributed by atoms with Gasteiger partial charge in [0.25, 0.3) is 0 Å². The smallest absolute Gasteiger partial charge is 0.237 e. The number of nitrogens with one attached hydrogen (secondary N) is 1. The van der Waals surface area contributed by atoms with E-state index in [2.05, 4.69) is 39.1 Å². The summed E-state index contributed by atoms with van der Waals surface area (Å²) in [5, 5.41) is 3.25. The number of anilines is 1. The Labute approximate surface area is 187 Å². The van der Waals surface area contributed by atoms with Gasteiger partial charge in [0, 0.05) is 23.2 Å². The Kier molecular flexibility index (Phi) is 3.66. The number of hydrogen-bond acceptors (Lipinski definition) is 5. The average molecular weight is 430 g/mol. The highest BCUT2D eigenvalue weighted by Gasteiger charge is 2.73. The lowest BCUT2D eigenvalue weighted by Gasteiger charge is -2.39. The third kappa shape index (κ3) is 2.17. The summed E-state index contributed by atoms with van der Waals surface area (Å²) in [5.74, 6) is 1.38. The lowest BCUT2D eigenvalue weighted by Crippen LogP contribution is -2.48. The van der Waals surface area contributed by atoms with Crippen molar-refractivity contribution < 1.29 is 14.3 Å². The minimum atomic E-state index is -0.744. The van der Waals surface area contributed by atoms with Gasteiger partial charge in [-0.3, -0.25) is 4.79 Å². The van der Waals surface area contributed by atoms with Gasteiger partial charge in [-0.1, -0.05) is 38.5 Å². The van der Waals surface area contributed by atoms with E-state index in [0.29, 0.717) is 11.5 Å². The number of aryl methyl sites for hydroxylation is 2. The molecule has 0 spiro atoms. The molecule has 1 aromatic heterocycles. The molecule has 2 heterocycles. The molecule has 1 N–H and O–H groups in total. The lowest BCUT2D eigenvalue weighted by atomic mass is 9.63. The summed E-state index contributed by atoms with van der Waals surface area (Å²) in [4.78, 5) is 24.2. The molecular weight excluding hydrogens is 402 g/mol. The first-order valence-electron chi connectivity index (χ1n) is 11.2. The number of hydrogen-bond donors (Lipinski definition) is 1. The van der Waals surface area contributed by atoms with Gasteiger partial charge >= 0.3 is 0 Å². The fraction of sp³-hybridized carbons (Fsp3) is 0.423. The Morgan fingerprint density at radius 1 is 0.938 bits per heavy atom. The second-order valence-electron chi connectivity index (χ2n) is 10.2. The summed E-state index contributed by atoms with van der Waals surface area (Å²) >= 11 is 0. The van der Waals surface area contributed by atoms with Crippen molar-refractivity contribution in [1.82, 2.24) is 9.97 Å². The Balaban J connectivity index is 1.53. The number of amides is 1. The Hall–Kier alpha value is -3.15. The van der Waals surface area contributed by atoms with E-state index in [0.717, 1.165) is 46.5 Å². The van der Waals surface area contributed by atoms with Gasteiger partial charge in [-0.2, -0.15) is 0 Å². The van der Waals surface area contributed by atoms with Crippen LogP contribution in [0.3, 0.4) is 0 Å². The number of aromatic nitrogens is 2. The van der Waals surface area contributed by atoms with Crippen molar-refractivity contribution in [1.29, 1.82) is 0 Å². The van der Waals surface area contributed by atoms with E-state index in [1.165, 1.54) is 5.56 Å². The predicted octanol–water partition coefficient (Wildman–Crippen LogP) is 4.94. The molecule has 6 heteroatoms. The van der Waals surface area contributed by atoms with Gasteiger partial charge < -0.3 is 14.8 Å². The topological polar surface area (TPSA) is 73.3 Å². The van der Waals surface area contributed by atoms with E-state index in [9.17, 15) is 4.79 Å². The van der Waals surface area contributed by atoms with E-state index >= 15 is 0 Å². The molecule has 1 fully saturated rings. The first kappa shape index (κ1) is 19.5. The maximum atomic E-state index is 14.1. The second kappa shape index (κ2) is 6.00. The molecule has 32 heavy (non-hydrogen) atoms. The van der Waals surface area contributed by atoms with E-state index in [1.54, 1.807) is 0 Å². The molecule has 6 nitrogen and oxygen atoms in total. The standard InChI is InChI=1S/C26H27N3O3/c1-14-6-7-16(15(2)10-14)29-23(30)26-9-8-25(5,24(26,3)4)21-22(26)28-18-12-20-19(31-13-32-20)11-17(18)27-21/h6-7,10-12H,8-9,13H2,1-5H3,(H,29,30). The largest absolute Gasteiger partial charge is 0.454 e. The van der Waals surface area contributed by atoms with Crippen LogP contribution >= 0.6 is 0 Å². The minimum Gasteiger partial charge on any atom is -0.454 e. The third-order valence-electron chi connectivity index (χ3n) is 8.55. The van der Waals surface area contributed by atoms with Crippen molar-refractivity contribution in [2.45, 2.75) is 58.3 Å². The third-order valence-corrected chi connectivity index (χ3v) is 8.55. The van der Waals surface area contributed by atoms with Crippen molar-refractivity contribution in [3.05, 3.63) is 52.8 Å². The van der Waals surface area contributed by atoms with E-state index in [4.69, 9.17) is 19.4 Å². The maximum Gasteiger partial charge on any atom is 0.237 e. The van der Waals surface area contributed by atoms with Crippen LogP contribution in [0, 0.1) is 19.3 Å². The summed E-state index contributed by atoms with van der Waals surface area (Å²) in [6, 6.07) is 9.89. The highest BCUT2D eigenvalue weighted by atomic mass is 16.7. The first-order chi connectivity index (χ1) is 15.2. The molecule has 6 rings (SSSR count). The highest BCUT2D eigenvalue weighted by Crippen LogP contribution is 2.70. The Morgan fingerprint density at radius 2 is 1.59 bits per heavy atom. The minimum absolute atomic E-state index is 0.00585. The number of carbonyl (C=O) groups excluding carboxylic acids is 1. The van der Waals surface area contributed by atoms with Crippen LogP contribution in [0.5, 0.6) is 11.5 Å². The molecule has 2 bridgehead atoms. The van der Waals surface area contributed by atoms with Gasteiger partial charge in [0.1, 0.15) is 0 Å². The van der Waals surface area contributed by atoms with Crippen LogP contribution in [0.1, 0.15) is 56.1 Å². The number of fused-ring (bicyclic) bond motifs is 7. The van der Waals surface area contributed by atoms with Crippen LogP contribution in [0.4, 0.5) is 5.69 Å². The van der Waals surface area contributed by atoms with E-state index in [-0.39, 0.29) is 23.5 Å². The van der Waals surface area contributed by atoms with Gasteiger partial charge in [0.15, 0.2) is 11.5 Å². The molecule has 2 atom stereocenters. The molecule has 0 radical (unpaired) electrons. The molecule has 2 aliphatic carbocycles. The monoisotopic (exact) mass is 429 g/mol.